The molecule has 100 valence electrons. The number of nitrogens with one attached hydrogen (secondary N) is 1. The van der Waals surface area contributed by atoms with Gasteiger partial charge in [-0.2, -0.15) is 0 Å². The summed E-state index contributed by atoms with van der Waals surface area (Å²) in [7, 11) is 3.93. The van der Waals surface area contributed by atoms with Gasteiger partial charge in [0.1, 0.15) is 4.88 Å². The normalized spacial score (nSPS) is 17.9. The van der Waals surface area contributed by atoms with E-state index in [1.165, 1.54) is 0 Å². The maximum absolute atomic E-state index is 12.3. The number of hydrogen-bond donors (Lipinski definition) is 1. The predicted octanol–water partition coefficient (Wildman–Crippen LogP) is 0.911. The number of aromatic amines is 1. The highest BCUT2D eigenvalue weighted by Gasteiger charge is 2.26. The summed E-state index contributed by atoms with van der Waals surface area (Å²) in [5, 5.41) is 0. The molecule has 0 bridgehead atoms. The fourth-order valence-electron chi connectivity index (χ4n) is 2.32. The van der Waals surface area contributed by atoms with E-state index in [2.05, 4.69) is 16.9 Å². The number of carbonyl (C=O) groups excluding carboxylic acids is 1. The minimum Gasteiger partial charge on any atom is -0.338 e. The summed E-state index contributed by atoms with van der Waals surface area (Å²) >= 11 is 1.00. The third kappa shape index (κ3) is 2.64. The van der Waals surface area contributed by atoms with Gasteiger partial charge in [-0.1, -0.05) is 11.3 Å². The SMILES string of the molecule is Cc1[nH]c(=O)sc1C(=O)N(C)C1CCN(C)CC1. The van der Waals surface area contributed by atoms with Crippen molar-refractivity contribution in [3.63, 3.8) is 0 Å². The monoisotopic (exact) mass is 269 g/mol. The number of nitrogens with zero attached hydrogens (tertiary/aromatic N) is 2. The summed E-state index contributed by atoms with van der Waals surface area (Å²) in [6.07, 6.45) is 1.99. The van der Waals surface area contributed by atoms with Crippen molar-refractivity contribution in [2.45, 2.75) is 25.8 Å². The van der Waals surface area contributed by atoms with Crippen LogP contribution in [0.3, 0.4) is 0 Å². The number of piperidine rings is 1. The number of aromatic nitrogens is 1. The molecule has 0 aliphatic carbocycles. The van der Waals surface area contributed by atoms with Crippen LogP contribution in [-0.4, -0.2) is 53.9 Å². The topological polar surface area (TPSA) is 56.4 Å². The zero-order valence-electron chi connectivity index (χ0n) is 11.0. The molecule has 0 unspecified atom stereocenters. The van der Waals surface area contributed by atoms with Crippen molar-refractivity contribution in [2.24, 2.45) is 0 Å². The van der Waals surface area contributed by atoms with Crippen LogP contribution in [0.4, 0.5) is 0 Å². The standard InChI is InChI=1S/C12H19N3O2S/c1-8-10(18-12(17)13-8)11(16)15(3)9-4-6-14(2)7-5-9/h9H,4-7H2,1-3H3,(H,13,17). The molecule has 0 aromatic carbocycles. The van der Waals surface area contributed by atoms with Gasteiger partial charge in [-0.3, -0.25) is 9.59 Å². The molecule has 5 nitrogen and oxygen atoms in total. The number of H-pyrrole nitrogens is 1. The van der Waals surface area contributed by atoms with Gasteiger partial charge >= 0.3 is 4.87 Å². The molecule has 1 saturated heterocycles. The maximum Gasteiger partial charge on any atom is 0.305 e. The Hall–Kier alpha value is -1.14. The molecule has 2 heterocycles. The summed E-state index contributed by atoms with van der Waals surface area (Å²) in [4.78, 5) is 30.7. The van der Waals surface area contributed by atoms with Crippen molar-refractivity contribution in [2.75, 3.05) is 27.2 Å². The van der Waals surface area contributed by atoms with Gasteiger partial charge in [0.15, 0.2) is 0 Å². The zero-order chi connectivity index (χ0) is 13.3. The Kier molecular flexibility index (Phi) is 3.87. The van der Waals surface area contributed by atoms with Crippen LogP contribution < -0.4 is 4.87 Å². The van der Waals surface area contributed by atoms with E-state index in [1.54, 1.807) is 11.8 Å². The zero-order valence-corrected chi connectivity index (χ0v) is 11.8. The first-order valence-electron chi connectivity index (χ1n) is 6.14. The first-order chi connectivity index (χ1) is 8.49. The molecule has 6 heteroatoms. The summed E-state index contributed by atoms with van der Waals surface area (Å²) in [6, 6.07) is 0.283. The van der Waals surface area contributed by atoms with Crippen LogP contribution in [0.25, 0.3) is 0 Å². The van der Waals surface area contributed by atoms with Gasteiger partial charge in [0.25, 0.3) is 5.91 Å². The van der Waals surface area contributed by atoms with Gasteiger partial charge in [-0.15, -0.1) is 0 Å². The predicted molar refractivity (Wildman–Crippen MR) is 72.3 cm³/mol. The number of amides is 1. The van der Waals surface area contributed by atoms with Crippen LogP contribution in [0.2, 0.25) is 0 Å². The molecular formula is C12H19N3O2S. The molecule has 1 aromatic rings. The number of rotatable bonds is 2. The summed E-state index contributed by atoms with van der Waals surface area (Å²) < 4.78 is 0. The molecule has 1 aromatic heterocycles. The van der Waals surface area contributed by atoms with Crippen LogP contribution in [0.1, 0.15) is 28.2 Å². The third-order valence-corrected chi connectivity index (χ3v) is 4.55. The number of hydrogen-bond acceptors (Lipinski definition) is 4. The Morgan fingerprint density at radius 3 is 2.56 bits per heavy atom. The Bertz CT molecular complexity index is 486. The Morgan fingerprint density at radius 2 is 2.06 bits per heavy atom. The second-order valence-electron chi connectivity index (χ2n) is 4.92. The van der Waals surface area contributed by atoms with E-state index < -0.39 is 0 Å². The van der Waals surface area contributed by atoms with Crippen molar-refractivity contribution in [3.05, 3.63) is 20.2 Å². The largest absolute Gasteiger partial charge is 0.338 e. The van der Waals surface area contributed by atoms with Gasteiger partial charge < -0.3 is 14.8 Å². The Morgan fingerprint density at radius 1 is 1.44 bits per heavy atom. The van der Waals surface area contributed by atoms with E-state index >= 15 is 0 Å². The van der Waals surface area contributed by atoms with Crippen molar-refractivity contribution in [1.82, 2.24) is 14.8 Å². The quantitative estimate of drug-likeness (QED) is 0.868. The van der Waals surface area contributed by atoms with E-state index in [9.17, 15) is 9.59 Å². The van der Waals surface area contributed by atoms with Crippen LogP contribution in [0.5, 0.6) is 0 Å². The molecule has 1 aliphatic rings. The van der Waals surface area contributed by atoms with Gasteiger partial charge in [0, 0.05) is 18.8 Å². The molecule has 1 aliphatic heterocycles. The van der Waals surface area contributed by atoms with Crippen molar-refractivity contribution < 1.29 is 4.79 Å². The molecule has 0 radical (unpaired) electrons. The fourth-order valence-corrected chi connectivity index (χ4v) is 3.14. The molecule has 0 spiro atoms. The molecule has 1 fully saturated rings. The molecule has 1 N–H and O–H groups in total. The smallest absolute Gasteiger partial charge is 0.305 e. The lowest BCUT2D eigenvalue weighted by Gasteiger charge is -2.34. The summed E-state index contributed by atoms with van der Waals surface area (Å²) in [5.41, 5.74) is 0.676. The molecule has 18 heavy (non-hydrogen) atoms. The van der Waals surface area contributed by atoms with Crippen molar-refractivity contribution >= 4 is 17.2 Å². The average molecular weight is 269 g/mol. The van der Waals surface area contributed by atoms with Crippen LogP contribution in [-0.2, 0) is 0 Å². The van der Waals surface area contributed by atoms with Crippen molar-refractivity contribution in [3.8, 4) is 0 Å². The highest BCUT2D eigenvalue weighted by atomic mass is 32.1. The Balaban J connectivity index is 2.09. The highest BCUT2D eigenvalue weighted by molar-refractivity contribution is 7.11. The summed E-state index contributed by atoms with van der Waals surface area (Å²) in [5.74, 6) is -0.0367. The third-order valence-electron chi connectivity index (χ3n) is 3.58. The van der Waals surface area contributed by atoms with E-state index in [1.807, 2.05) is 7.05 Å². The van der Waals surface area contributed by atoms with E-state index in [-0.39, 0.29) is 16.8 Å². The first kappa shape index (κ1) is 13.3. The molecule has 1 amide bonds. The molecule has 0 saturated carbocycles. The molecule has 2 rings (SSSR count). The van der Waals surface area contributed by atoms with E-state index in [4.69, 9.17) is 0 Å². The number of aryl methyl sites for hydroxylation is 1. The van der Waals surface area contributed by atoms with Crippen molar-refractivity contribution in [1.29, 1.82) is 0 Å². The highest BCUT2D eigenvalue weighted by Crippen LogP contribution is 2.18. The van der Waals surface area contributed by atoms with Gasteiger partial charge in [0.05, 0.1) is 0 Å². The fraction of sp³-hybridized carbons (Fsp3) is 0.667. The minimum absolute atomic E-state index is 0.0367. The number of likely N-dealkylation sites (tertiary alicyclic amines) is 1. The second-order valence-corrected chi connectivity index (χ2v) is 5.90. The van der Waals surface area contributed by atoms with E-state index in [0.29, 0.717) is 10.6 Å². The lowest BCUT2D eigenvalue weighted by atomic mass is 10.0. The lowest BCUT2D eigenvalue weighted by Crippen LogP contribution is -2.44. The molecule has 0 atom stereocenters. The van der Waals surface area contributed by atoms with Gasteiger partial charge in [-0.05, 0) is 39.9 Å². The van der Waals surface area contributed by atoms with Gasteiger partial charge in [0.2, 0.25) is 0 Å². The average Bonchev–Trinajstić information content (AvgIpc) is 2.67. The first-order valence-corrected chi connectivity index (χ1v) is 6.96. The number of carbonyl (C=O) groups is 1. The minimum atomic E-state index is -0.160. The second kappa shape index (κ2) is 5.24. The van der Waals surface area contributed by atoms with Crippen LogP contribution in [0, 0.1) is 6.92 Å². The maximum atomic E-state index is 12.3. The molecular weight excluding hydrogens is 250 g/mol. The van der Waals surface area contributed by atoms with Crippen LogP contribution in [0.15, 0.2) is 4.79 Å². The summed E-state index contributed by atoms with van der Waals surface area (Å²) in [6.45, 7) is 3.81. The van der Waals surface area contributed by atoms with Gasteiger partial charge in [-0.25, -0.2) is 0 Å². The van der Waals surface area contributed by atoms with E-state index in [0.717, 1.165) is 37.3 Å². The lowest BCUT2D eigenvalue weighted by molar-refractivity contribution is 0.0663. The Labute approximate surface area is 110 Å². The van der Waals surface area contributed by atoms with Crippen LogP contribution >= 0.6 is 11.3 Å². The number of thiazole rings is 1.